The second-order valence-electron chi connectivity index (χ2n) is 14.4. The maximum atomic E-state index is 12.2. The second kappa shape index (κ2) is 34.2. The van der Waals surface area contributed by atoms with E-state index in [1.54, 1.807) is 0 Å². The molecule has 0 amide bonds. The van der Waals surface area contributed by atoms with Crippen LogP contribution in [0.25, 0.3) is 0 Å². The van der Waals surface area contributed by atoms with Crippen molar-refractivity contribution in [3.63, 3.8) is 0 Å². The van der Waals surface area contributed by atoms with Crippen molar-refractivity contribution in [3.05, 3.63) is 0 Å². The molecule has 0 aromatic carbocycles. The first kappa shape index (κ1) is 43.9. The summed E-state index contributed by atoms with van der Waals surface area (Å²) in [5, 5.41) is 9.55. The van der Waals surface area contributed by atoms with Gasteiger partial charge in [0, 0.05) is 12.8 Å². The zero-order chi connectivity index (χ0) is 33.2. The van der Waals surface area contributed by atoms with Gasteiger partial charge in [-0.3, -0.25) is 9.59 Å². The third kappa shape index (κ3) is 34.1. The SMILES string of the molecule is CCC(C)CCCCCCCCCCCCCCCCC(=O)O[C@@H](CO)COC(=O)CCCCCCCCCCCCC(C)C. The molecule has 0 spiro atoms. The van der Waals surface area contributed by atoms with Crippen LogP contribution in [0.2, 0.25) is 0 Å². The molecule has 0 rings (SSSR count). The van der Waals surface area contributed by atoms with Crippen LogP contribution in [0, 0.1) is 11.8 Å². The zero-order valence-corrected chi connectivity index (χ0v) is 30.7. The number of hydrogen-bond donors (Lipinski definition) is 1. The molecule has 1 unspecified atom stereocenters. The summed E-state index contributed by atoms with van der Waals surface area (Å²) < 4.78 is 10.6. The molecule has 0 heterocycles. The maximum absolute atomic E-state index is 12.2. The molecule has 0 saturated heterocycles. The smallest absolute Gasteiger partial charge is 0.306 e. The van der Waals surface area contributed by atoms with Crippen LogP contribution in [-0.2, 0) is 19.1 Å². The fourth-order valence-corrected chi connectivity index (χ4v) is 5.95. The van der Waals surface area contributed by atoms with Gasteiger partial charge in [-0.2, -0.15) is 0 Å². The molecule has 45 heavy (non-hydrogen) atoms. The van der Waals surface area contributed by atoms with Crippen LogP contribution in [0.1, 0.15) is 214 Å². The average molecular weight is 639 g/mol. The normalized spacial score (nSPS) is 12.8. The average Bonchev–Trinajstić information content (AvgIpc) is 3.02. The molecule has 0 aromatic rings. The quantitative estimate of drug-likeness (QED) is 0.0552. The van der Waals surface area contributed by atoms with Crippen LogP contribution in [0.4, 0.5) is 0 Å². The van der Waals surface area contributed by atoms with Gasteiger partial charge in [0.2, 0.25) is 0 Å². The number of aliphatic hydroxyl groups is 1. The molecular formula is C40H78O5. The van der Waals surface area contributed by atoms with E-state index in [1.807, 2.05) is 0 Å². The summed E-state index contributed by atoms with van der Waals surface area (Å²) >= 11 is 0. The Balaban J connectivity index is 3.50. The number of carbonyl (C=O) groups is 2. The number of carbonyl (C=O) groups excluding carboxylic acids is 2. The molecule has 5 nitrogen and oxygen atoms in total. The monoisotopic (exact) mass is 639 g/mol. The first-order chi connectivity index (χ1) is 21.9. The van der Waals surface area contributed by atoms with Crippen molar-refractivity contribution in [2.75, 3.05) is 13.2 Å². The number of hydrogen-bond acceptors (Lipinski definition) is 5. The van der Waals surface area contributed by atoms with Gasteiger partial charge in [0.25, 0.3) is 0 Å². The predicted molar refractivity (Wildman–Crippen MR) is 191 cm³/mol. The predicted octanol–water partition coefficient (Wildman–Crippen LogP) is 12.1. The van der Waals surface area contributed by atoms with Crippen LogP contribution in [0.15, 0.2) is 0 Å². The number of ether oxygens (including phenoxy) is 2. The van der Waals surface area contributed by atoms with Crippen LogP contribution in [-0.4, -0.2) is 36.4 Å². The van der Waals surface area contributed by atoms with E-state index in [2.05, 4.69) is 27.7 Å². The van der Waals surface area contributed by atoms with Crippen molar-refractivity contribution in [3.8, 4) is 0 Å². The largest absolute Gasteiger partial charge is 0.462 e. The topological polar surface area (TPSA) is 72.8 Å². The van der Waals surface area contributed by atoms with Crippen molar-refractivity contribution in [1.82, 2.24) is 0 Å². The Kier molecular flexibility index (Phi) is 33.4. The van der Waals surface area contributed by atoms with Gasteiger partial charge < -0.3 is 14.6 Å². The summed E-state index contributed by atoms with van der Waals surface area (Å²) in [6.07, 6.45) is 34.4. The van der Waals surface area contributed by atoms with Gasteiger partial charge >= 0.3 is 11.9 Å². The van der Waals surface area contributed by atoms with E-state index < -0.39 is 6.10 Å². The lowest BCUT2D eigenvalue weighted by molar-refractivity contribution is -0.161. The van der Waals surface area contributed by atoms with E-state index in [4.69, 9.17) is 9.47 Å². The van der Waals surface area contributed by atoms with E-state index in [1.165, 1.54) is 135 Å². The Morgan fingerprint density at radius 2 is 0.867 bits per heavy atom. The highest BCUT2D eigenvalue weighted by Crippen LogP contribution is 2.17. The third-order valence-electron chi connectivity index (χ3n) is 9.37. The van der Waals surface area contributed by atoms with E-state index in [-0.39, 0.29) is 25.2 Å². The number of rotatable bonds is 35. The molecular weight excluding hydrogens is 560 g/mol. The van der Waals surface area contributed by atoms with Crippen LogP contribution in [0.3, 0.4) is 0 Å². The zero-order valence-electron chi connectivity index (χ0n) is 30.7. The molecule has 0 radical (unpaired) electrons. The summed E-state index contributed by atoms with van der Waals surface area (Å²) in [7, 11) is 0. The molecule has 0 aliphatic carbocycles. The minimum absolute atomic E-state index is 0.0589. The highest BCUT2D eigenvalue weighted by atomic mass is 16.6. The highest BCUT2D eigenvalue weighted by Gasteiger charge is 2.16. The fraction of sp³-hybridized carbons (Fsp3) is 0.950. The van der Waals surface area contributed by atoms with E-state index in [0.29, 0.717) is 12.8 Å². The maximum Gasteiger partial charge on any atom is 0.306 e. The molecule has 0 aromatic heterocycles. The summed E-state index contributed by atoms with van der Waals surface area (Å²) in [6.45, 7) is 8.88. The van der Waals surface area contributed by atoms with Crippen molar-refractivity contribution in [1.29, 1.82) is 0 Å². The Labute approximate surface area is 280 Å². The summed E-state index contributed by atoms with van der Waals surface area (Å²) in [6, 6.07) is 0. The van der Waals surface area contributed by atoms with Crippen LogP contribution < -0.4 is 0 Å². The molecule has 0 bridgehead atoms. The Bertz CT molecular complexity index is 634. The molecule has 0 aliphatic heterocycles. The molecule has 5 heteroatoms. The van der Waals surface area contributed by atoms with Gasteiger partial charge in [-0.05, 0) is 24.7 Å². The van der Waals surface area contributed by atoms with E-state index in [9.17, 15) is 14.7 Å². The number of esters is 2. The van der Waals surface area contributed by atoms with Gasteiger partial charge in [0.05, 0.1) is 6.61 Å². The molecule has 0 fully saturated rings. The summed E-state index contributed by atoms with van der Waals surface area (Å²) in [5.74, 6) is 1.15. The van der Waals surface area contributed by atoms with Gasteiger partial charge in [-0.1, -0.05) is 188 Å². The molecule has 0 saturated carbocycles. The summed E-state index contributed by atoms with van der Waals surface area (Å²) in [4.78, 5) is 24.2. The molecule has 268 valence electrons. The first-order valence-corrected chi connectivity index (χ1v) is 19.8. The number of aliphatic hydroxyl groups excluding tert-OH is 1. The lowest BCUT2D eigenvalue weighted by atomic mass is 9.99. The lowest BCUT2D eigenvalue weighted by Crippen LogP contribution is -2.28. The highest BCUT2D eigenvalue weighted by molar-refractivity contribution is 5.70. The van der Waals surface area contributed by atoms with Crippen molar-refractivity contribution >= 4 is 11.9 Å². The minimum atomic E-state index is -0.763. The van der Waals surface area contributed by atoms with Crippen molar-refractivity contribution < 1.29 is 24.2 Å². The van der Waals surface area contributed by atoms with Crippen LogP contribution in [0.5, 0.6) is 0 Å². The third-order valence-corrected chi connectivity index (χ3v) is 9.37. The van der Waals surface area contributed by atoms with Gasteiger partial charge in [-0.15, -0.1) is 0 Å². The lowest BCUT2D eigenvalue weighted by Gasteiger charge is -2.15. The van der Waals surface area contributed by atoms with Crippen molar-refractivity contribution in [2.24, 2.45) is 11.8 Å². The van der Waals surface area contributed by atoms with Gasteiger partial charge in [-0.25, -0.2) is 0 Å². The minimum Gasteiger partial charge on any atom is -0.462 e. The Hall–Kier alpha value is -1.10. The number of unbranched alkanes of at least 4 members (excludes halogenated alkanes) is 22. The fourth-order valence-electron chi connectivity index (χ4n) is 5.95. The first-order valence-electron chi connectivity index (χ1n) is 19.8. The Morgan fingerprint density at radius 1 is 0.511 bits per heavy atom. The van der Waals surface area contributed by atoms with Crippen molar-refractivity contribution in [2.45, 2.75) is 220 Å². The van der Waals surface area contributed by atoms with E-state index in [0.717, 1.165) is 50.4 Å². The van der Waals surface area contributed by atoms with Gasteiger partial charge in [0.15, 0.2) is 6.10 Å². The molecule has 0 aliphatic rings. The summed E-state index contributed by atoms with van der Waals surface area (Å²) in [5.41, 5.74) is 0. The molecule has 2 atom stereocenters. The molecule has 1 N–H and O–H groups in total. The second-order valence-corrected chi connectivity index (χ2v) is 14.4. The van der Waals surface area contributed by atoms with Gasteiger partial charge in [0.1, 0.15) is 6.61 Å². The standard InChI is InChI=1S/C40H78O5/c1-5-37(4)31-27-23-19-15-10-8-6-7-9-11-17-21-25-29-33-40(43)45-38(34-41)35-44-39(42)32-28-24-20-16-13-12-14-18-22-26-30-36(2)3/h36-38,41H,5-35H2,1-4H3/t37?,38-/m0/s1. The van der Waals surface area contributed by atoms with Crippen LogP contribution >= 0.6 is 0 Å². The van der Waals surface area contributed by atoms with E-state index >= 15 is 0 Å². The Morgan fingerprint density at radius 3 is 1.24 bits per heavy atom.